The smallest absolute Gasteiger partial charge is 0.293 e. The van der Waals surface area contributed by atoms with Crippen molar-refractivity contribution in [3.8, 4) is 23.0 Å². The summed E-state index contributed by atoms with van der Waals surface area (Å²) in [7, 11) is 1.56. The molecule has 3 heterocycles. The number of fused-ring (bicyclic) bond motifs is 2. The molecule has 0 aliphatic carbocycles. The second-order valence-corrected chi connectivity index (χ2v) is 7.56. The molecule has 0 aliphatic heterocycles. The van der Waals surface area contributed by atoms with Gasteiger partial charge in [0, 0.05) is 16.2 Å². The van der Waals surface area contributed by atoms with E-state index in [0.717, 1.165) is 10.8 Å². The first-order valence-corrected chi connectivity index (χ1v) is 10.5. The Balaban J connectivity index is 1.39. The van der Waals surface area contributed by atoms with E-state index in [4.69, 9.17) is 18.3 Å². The second kappa shape index (κ2) is 7.81. The highest BCUT2D eigenvalue weighted by molar-refractivity contribution is 7.14. The number of furan rings is 2. The number of nitrogens with zero attached hydrogens (tertiary/aromatic N) is 1. The van der Waals surface area contributed by atoms with E-state index in [0.29, 0.717) is 45.9 Å². The van der Waals surface area contributed by atoms with E-state index < -0.39 is 0 Å². The van der Waals surface area contributed by atoms with Gasteiger partial charge in [0.1, 0.15) is 5.69 Å². The van der Waals surface area contributed by atoms with Crippen LogP contribution in [0.2, 0.25) is 0 Å². The molecule has 5 aromatic rings. The Labute approximate surface area is 181 Å². The van der Waals surface area contributed by atoms with Crippen LogP contribution in [0.1, 0.15) is 17.5 Å². The molecule has 7 nitrogen and oxygen atoms in total. The van der Waals surface area contributed by atoms with Crippen LogP contribution in [-0.4, -0.2) is 24.6 Å². The zero-order valence-electron chi connectivity index (χ0n) is 16.8. The molecule has 0 bridgehead atoms. The summed E-state index contributed by atoms with van der Waals surface area (Å²) >= 11 is 1.31. The summed E-state index contributed by atoms with van der Waals surface area (Å²) in [6.45, 7) is 2.48. The molecule has 0 saturated carbocycles. The first-order chi connectivity index (χ1) is 15.2. The predicted octanol–water partition coefficient (Wildman–Crippen LogP) is 5.96. The Morgan fingerprint density at radius 3 is 2.58 bits per heavy atom. The zero-order chi connectivity index (χ0) is 21.4. The Morgan fingerprint density at radius 1 is 1.06 bits per heavy atom. The Bertz CT molecular complexity index is 1400. The molecule has 0 spiro atoms. The quantitative estimate of drug-likeness (QED) is 0.355. The lowest BCUT2D eigenvalue weighted by atomic mass is 10.2. The number of nitrogens with one attached hydrogen (secondary N) is 1. The molecular weight excluding hydrogens is 416 g/mol. The number of aromatic nitrogens is 1. The van der Waals surface area contributed by atoms with Crippen LogP contribution in [0.15, 0.2) is 62.7 Å². The third kappa shape index (κ3) is 3.51. The minimum absolute atomic E-state index is 0.182. The molecular formula is C23H18N2O5S. The van der Waals surface area contributed by atoms with Crippen LogP contribution in [0.5, 0.6) is 11.5 Å². The van der Waals surface area contributed by atoms with Gasteiger partial charge in [0.25, 0.3) is 5.91 Å². The standard InChI is InChI=1S/C23H18N2O5S/c1-3-28-17-9-5-7-13-10-18(29-21(13)17)15-12-31-23(24-15)25-22(26)19-11-14-6-4-8-16(27-2)20(14)30-19/h4-12H,3H2,1-2H3,(H,24,25,26). The monoisotopic (exact) mass is 434 g/mol. The number of para-hydroxylation sites is 2. The van der Waals surface area contributed by atoms with Crippen molar-refractivity contribution in [3.63, 3.8) is 0 Å². The molecule has 8 heteroatoms. The topological polar surface area (TPSA) is 86.7 Å². The van der Waals surface area contributed by atoms with E-state index in [1.807, 2.05) is 48.7 Å². The van der Waals surface area contributed by atoms with E-state index in [1.165, 1.54) is 11.3 Å². The summed E-state index contributed by atoms with van der Waals surface area (Å²) in [5, 5.41) is 6.77. The second-order valence-electron chi connectivity index (χ2n) is 6.70. The van der Waals surface area contributed by atoms with E-state index in [2.05, 4.69) is 10.3 Å². The number of hydrogen-bond acceptors (Lipinski definition) is 7. The SMILES string of the molecule is CCOc1cccc2cc(-c3csc(NC(=O)c4cc5cccc(OC)c5o4)n3)oc12. The van der Waals surface area contributed by atoms with Crippen LogP contribution >= 0.6 is 11.3 Å². The van der Waals surface area contributed by atoms with Crippen LogP contribution in [-0.2, 0) is 0 Å². The van der Waals surface area contributed by atoms with E-state index in [9.17, 15) is 4.79 Å². The molecule has 0 atom stereocenters. The van der Waals surface area contributed by atoms with Crippen molar-refractivity contribution in [1.82, 2.24) is 4.98 Å². The molecule has 0 fully saturated rings. The van der Waals surface area contributed by atoms with Gasteiger partial charge in [0.05, 0.1) is 13.7 Å². The molecule has 5 rings (SSSR count). The number of carbonyl (C=O) groups is 1. The largest absolute Gasteiger partial charge is 0.493 e. The average molecular weight is 434 g/mol. The van der Waals surface area contributed by atoms with Crippen molar-refractivity contribution in [2.24, 2.45) is 0 Å². The molecule has 0 radical (unpaired) electrons. The first-order valence-electron chi connectivity index (χ1n) is 9.65. The molecule has 1 N–H and O–H groups in total. The molecule has 0 unspecified atom stereocenters. The number of amides is 1. The van der Waals surface area contributed by atoms with E-state index >= 15 is 0 Å². The number of carbonyl (C=O) groups excluding carboxylic acids is 1. The van der Waals surface area contributed by atoms with Crippen molar-refractivity contribution in [1.29, 1.82) is 0 Å². The third-order valence-electron chi connectivity index (χ3n) is 4.74. The van der Waals surface area contributed by atoms with Gasteiger partial charge in [-0.3, -0.25) is 10.1 Å². The lowest BCUT2D eigenvalue weighted by molar-refractivity contribution is 0.0998. The first kappa shape index (κ1) is 19.2. The Morgan fingerprint density at radius 2 is 1.81 bits per heavy atom. The van der Waals surface area contributed by atoms with Crippen LogP contribution in [0, 0.1) is 0 Å². The molecule has 0 saturated heterocycles. The lowest BCUT2D eigenvalue weighted by Crippen LogP contribution is -2.10. The van der Waals surface area contributed by atoms with Gasteiger partial charge < -0.3 is 18.3 Å². The van der Waals surface area contributed by atoms with Gasteiger partial charge in [-0.2, -0.15) is 0 Å². The molecule has 156 valence electrons. The minimum atomic E-state index is -0.387. The average Bonchev–Trinajstić information content (AvgIpc) is 3.51. The van der Waals surface area contributed by atoms with Gasteiger partial charge in [-0.15, -0.1) is 11.3 Å². The third-order valence-corrected chi connectivity index (χ3v) is 5.49. The van der Waals surface area contributed by atoms with Gasteiger partial charge in [0.15, 0.2) is 39.3 Å². The Hall–Kier alpha value is -3.78. The van der Waals surface area contributed by atoms with Crippen molar-refractivity contribution in [2.75, 3.05) is 19.0 Å². The van der Waals surface area contributed by atoms with Crippen molar-refractivity contribution in [3.05, 3.63) is 59.7 Å². The fourth-order valence-electron chi connectivity index (χ4n) is 3.34. The zero-order valence-corrected chi connectivity index (χ0v) is 17.6. The van der Waals surface area contributed by atoms with Crippen LogP contribution < -0.4 is 14.8 Å². The molecule has 0 aliphatic rings. The fraction of sp³-hybridized carbons (Fsp3) is 0.130. The molecule has 1 amide bonds. The fourth-order valence-corrected chi connectivity index (χ4v) is 4.04. The van der Waals surface area contributed by atoms with Crippen LogP contribution in [0.3, 0.4) is 0 Å². The van der Waals surface area contributed by atoms with Gasteiger partial charge in [-0.05, 0) is 31.2 Å². The predicted molar refractivity (Wildman–Crippen MR) is 119 cm³/mol. The maximum Gasteiger partial charge on any atom is 0.293 e. The summed E-state index contributed by atoms with van der Waals surface area (Å²) in [6.07, 6.45) is 0. The number of methoxy groups -OCH3 is 1. The number of thiazole rings is 1. The summed E-state index contributed by atoms with van der Waals surface area (Å²) < 4.78 is 22.6. The highest BCUT2D eigenvalue weighted by Crippen LogP contribution is 2.35. The maximum absolute atomic E-state index is 12.7. The van der Waals surface area contributed by atoms with Gasteiger partial charge in [0.2, 0.25) is 0 Å². The van der Waals surface area contributed by atoms with E-state index in [1.54, 1.807) is 19.2 Å². The normalized spacial score (nSPS) is 11.2. The van der Waals surface area contributed by atoms with Gasteiger partial charge in [-0.1, -0.05) is 24.3 Å². The van der Waals surface area contributed by atoms with Crippen LogP contribution in [0.25, 0.3) is 33.4 Å². The number of rotatable bonds is 6. The summed E-state index contributed by atoms with van der Waals surface area (Å²) in [5.74, 6) is 1.66. The maximum atomic E-state index is 12.7. The van der Waals surface area contributed by atoms with E-state index in [-0.39, 0.29) is 11.7 Å². The number of anilines is 1. The molecule has 3 aromatic heterocycles. The number of ether oxygens (including phenoxy) is 2. The van der Waals surface area contributed by atoms with Gasteiger partial charge in [-0.25, -0.2) is 4.98 Å². The summed E-state index contributed by atoms with van der Waals surface area (Å²) in [5.41, 5.74) is 1.83. The number of benzene rings is 2. The number of hydrogen-bond donors (Lipinski definition) is 1. The van der Waals surface area contributed by atoms with Crippen molar-refractivity contribution >= 4 is 44.3 Å². The highest BCUT2D eigenvalue weighted by Gasteiger charge is 2.18. The summed E-state index contributed by atoms with van der Waals surface area (Å²) in [4.78, 5) is 17.2. The minimum Gasteiger partial charge on any atom is -0.493 e. The van der Waals surface area contributed by atoms with Crippen molar-refractivity contribution < 1.29 is 23.1 Å². The van der Waals surface area contributed by atoms with Crippen molar-refractivity contribution in [2.45, 2.75) is 6.92 Å². The molecule has 31 heavy (non-hydrogen) atoms. The molecule has 2 aromatic carbocycles. The van der Waals surface area contributed by atoms with Crippen LogP contribution in [0.4, 0.5) is 5.13 Å². The van der Waals surface area contributed by atoms with Gasteiger partial charge >= 0.3 is 0 Å². The highest BCUT2D eigenvalue weighted by atomic mass is 32.1. The summed E-state index contributed by atoms with van der Waals surface area (Å²) in [6, 6.07) is 14.8. The lowest BCUT2D eigenvalue weighted by Gasteiger charge is -2.02. The Kier molecular flexibility index (Phi) is 4.83.